The molecule has 0 radical (unpaired) electrons. The summed E-state index contributed by atoms with van der Waals surface area (Å²) in [6, 6.07) is 8.71. The monoisotopic (exact) mass is 239 g/mol. The number of rotatable bonds is 3. The third-order valence-corrected chi connectivity index (χ3v) is 2.43. The number of nitrogens with zero attached hydrogens (tertiary/aromatic N) is 2. The fourth-order valence-electron chi connectivity index (χ4n) is 1.46. The molecule has 0 aliphatic carbocycles. The molecule has 0 amide bonds. The molecule has 2 aromatic heterocycles. The summed E-state index contributed by atoms with van der Waals surface area (Å²) in [6.45, 7) is 0. The van der Waals surface area contributed by atoms with Gasteiger partial charge in [-0.2, -0.15) is 5.26 Å². The Labute approximate surface area is 104 Å². The molecule has 0 spiro atoms. The van der Waals surface area contributed by atoms with E-state index in [1.165, 1.54) is 6.26 Å². The van der Waals surface area contributed by atoms with Crippen molar-refractivity contribution in [2.24, 2.45) is 7.05 Å². The number of carbonyl (C=O) groups is 1. The van der Waals surface area contributed by atoms with E-state index in [0.717, 1.165) is 5.56 Å². The third kappa shape index (κ3) is 2.53. The summed E-state index contributed by atoms with van der Waals surface area (Å²) in [5.74, 6) is -0.236. The largest absolute Gasteiger partial charge is 0.461 e. The molecule has 4 heteroatoms. The molecule has 18 heavy (non-hydrogen) atoms. The molecular weight excluding hydrogens is 228 g/mol. The van der Waals surface area contributed by atoms with Crippen molar-refractivity contribution < 1.29 is 13.8 Å². The topological polar surface area (TPSA) is 57.9 Å². The first-order chi connectivity index (χ1) is 8.70. The van der Waals surface area contributed by atoms with Crippen molar-refractivity contribution >= 4 is 11.9 Å². The van der Waals surface area contributed by atoms with Gasteiger partial charge in [0, 0.05) is 12.1 Å². The van der Waals surface area contributed by atoms with Crippen molar-refractivity contribution in [1.29, 1.82) is 5.26 Å². The Bertz CT molecular complexity index is 617. The maximum absolute atomic E-state index is 11.9. The summed E-state index contributed by atoms with van der Waals surface area (Å²) in [4.78, 5) is 11.9. The van der Waals surface area contributed by atoms with Crippen molar-refractivity contribution in [3.63, 3.8) is 0 Å². The van der Waals surface area contributed by atoms with E-state index in [4.69, 9.17) is 9.68 Å². The van der Waals surface area contributed by atoms with Crippen LogP contribution in [0.25, 0.3) is 6.08 Å². The minimum absolute atomic E-state index is 0.0544. The fourth-order valence-corrected chi connectivity index (χ4v) is 1.46. The van der Waals surface area contributed by atoms with Gasteiger partial charge in [-0.1, -0.05) is 0 Å². The van der Waals surface area contributed by atoms with Gasteiger partial charge in [-0.15, -0.1) is 0 Å². The van der Waals surface area contributed by atoms with Gasteiger partial charge in [0.1, 0.15) is 18.7 Å². The predicted octanol–water partition coefficient (Wildman–Crippen LogP) is 1.89. The summed E-state index contributed by atoms with van der Waals surface area (Å²) in [6.07, 6.45) is 6.64. The second-order valence-electron chi connectivity index (χ2n) is 3.77. The van der Waals surface area contributed by atoms with Crippen molar-refractivity contribution in [2.45, 2.75) is 0 Å². The number of aromatic nitrogens is 1. The Morgan fingerprint density at radius 2 is 2.11 bits per heavy atom. The van der Waals surface area contributed by atoms with Crippen molar-refractivity contribution in [3.8, 4) is 6.07 Å². The van der Waals surface area contributed by atoms with Crippen molar-refractivity contribution in [3.05, 3.63) is 59.8 Å². The average Bonchev–Trinajstić information content (AvgIpc) is 2.91. The Hall–Kier alpha value is -2.67. The minimum atomic E-state index is -0.407. The zero-order chi connectivity index (χ0) is 13.0. The number of hydrogen-bond acceptors (Lipinski definition) is 3. The summed E-state index contributed by atoms with van der Waals surface area (Å²) in [5.41, 5.74) is 0.850. The van der Waals surface area contributed by atoms with E-state index in [1.807, 2.05) is 42.2 Å². The van der Waals surface area contributed by atoms with Gasteiger partial charge in [0.2, 0.25) is 5.78 Å². The number of hydrogen-bond donors (Lipinski definition) is 0. The zero-order valence-corrected chi connectivity index (χ0v) is 9.83. The molecule has 0 N–H and O–H groups in total. The first-order valence-electron chi connectivity index (χ1n) is 5.36. The number of aryl methyl sites for hydroxylation is 1. The summed E-state index contributed by atoms with van der Waals surface area (Å²) >= 11 is 0. The number of furan rings is 1. The molecule has 2 heterocycles. The number of Topliss-reactive ketones (excluding diaryl/α,β-unsaturated/α-hetero) is 1. The maximum Gasteiger partial charge on any atom is 0.238 e. The van der Waals surface area contributed by atoms with Crippen LogP contribution in [0, 0.1) is 11.3 Å². The summed E-state index contributed by atoms with van der Waals surface area (Å²) in [5, 5.41) is 9.03. The predicted molar refractivity (Wildman–Crippen MR) is 64.2 cm³/mol. The van der Waals surface area contributed by atoms with Crippen molar-refractivity contribution in [2.75, 3.05) is 0 Å². The highest BCUT2D eigenvalue weighted by molar-refractivity contribution is 6.12. The lowest BCUT2D eigenvalue weighted by atomic mass is 10.1. The standard InChI is InChI=1S/C14H11N2O2/c1-16-6-4-11(5-7-16)9-12(10-15)14(17)13-3-2-8-18-13/h2-9H,1H3/q+1/b12-9+. The second kappa shape index (κ2) is 5.11. The second-order valence-corrected chi connectivity index (χ2v) is 3.77. The number of pyridine rings is 1. The van der Waals surface area contributed by atoms with E-state index in [1.54, 1.807) is 18.2 Å². The summed E-state index contributed by atoms with van der Waals surface area (Å²) < 4.78 is 6.86. The molecule has 4 nitrogen and oxygen atoms in total. The molecule has 0 fully saturated rings. The lowest BCUT2D eigenvalue weighted by molar-refractivity contribution is -0.671. The maximum atomic E-state index is 11.9. The van der Waals surface area contributed by atoms with Crippen LogP contribution in [0.4, 0.5) is 0 Å². The van der Waals surface area contributed by atoms with E-state index in [9.17, 15) is 4.79 Å². The zero-order valence-electron chi connectivity index (χ0n) is 9.83. The average molecular weight is 239 g/mol. The Balaban J connectivity index is 2.32. The molecule has 0 saturated carbocycles. The van der Waals surface area contributed by atoms with Crippen LogP contribution in [0.15, 0.2) is 52.9 Å². The number of allylic oxidation sites excluding steroid dienone is 1. The lowest BCUT2D eigenvalue weighted by Crippen LogP contribution is -2.25. The molecule has 0 saturated heterocycles. The van der Waals surface area contributed by atoms with Gasteiger partial charge in [-0.05, 0) is 23.8 Å². The normalized spacial score (nSPS) is 11.0. The Kier molecular flexibility index (Phi) is 3.35. The molecule has 88 valence electrons. The molecular formula is C14H11N2O2+. The van der Waals surface area contributed by atoms with Gasteiger partial charge in [-0.25, -0.2) is 4.57 Å². The van der Waals surface area contributed by atoms with Gasteiger partial charge >= 0.3 is 0 Å². The first-order valence-corrected chi connectivity index (χ1v) is 5.36. The number of ketones is 1. The Morgan fingerprint density at radius 3 is 2.67 bits per heavy atom. The molecule has 0 aliphatic rings. The Morgan fingerprint density at radius 1 is 1.39 bits per heavy atom. The number of nitriles is 1. The van der Waals surface area contributed by atoms with Gasteiger partial charge in [0.25, 0.3) is 0 Å². The molecule has 0 bridgehead atoms. The molecule has 0 aliphatic heterocycles. The third-order valence-electron chi connectivity index (χ3n) is 2.43. The van der Waals surface area contributed by atoms with E-state index in [2.05, 4.69) is 0 Å². The van der Waals surface area contributed by atoms with Gasteiger partial charge in [0.15, 0.2) is 18.2 Å². The highest BCUT2D eigenvalue weighted by Gasteiger charge is 2.14. The molecule has 2 aromatic rings. The van der Waals surface area contributed by atoms with Gasteiger partial charge < -0.3 is 4.42 Å². The quantitative estimate of drug-likeness (QED) is 0.356. The van der Waals surface area contributed by atoms with E-state index in [0.29, 0.717) is 0 Å². The molecule has 0 unspecified atom stereocenters. The van der Waals surface area contributed by atoms with Gasteiger partial charge in [0.05, 0.1) is 6.26 Å². The highest BCUT2D eigenvalue weighted by Crippen LogP contribution is 2.12. The smallest absolute Gasteiger partial charge is 0.238 e. The van der Waals surface area contributed by atoms with Crippen LogP contribution in [0.2, 0.25) is 0 Å². The lowest BCUT2D eigenvalue weighted by Gasteiger charge is -1.95. The van der Waals surface area contributed by atoms with Crippen molar-refractivity contribution in [1.82, 2.24) is 0 Å². The molecule has 0 atom stereocenters. The van der Waals surface area contributed by atoms with Crippen LogP contribution in [0.3, 0.4) is 0 Å². The van der Waals surface area contributed by atoms with Gasteiger partial charge in [-0.3, -0.25) is 4.79 Å². The molecule has 0 aromatic carbocycles. The van der Waals surface area contributed by atoms with Crippen LogP contribution < -0.4 is 4.57 Å². The van der Waals surface area contributed by atoms with Crippen LogP contribution in [0.1, 0.15) is 16.1 Å². The van der Waals surface area contributed by atoms with Crippen LogP contribution in [-0.2, 0) is 7.05 Å². The fraction of sp³-hybridized carbons (Fsp3) is 0.0714. The van der Waals surface area contributed by atoms with Crippen LogP contribution >= 0.6 is 0 Å². The number of carbonyl (C=O) groups excluding carboxylic acids is 1. The van der Waals surface area contributed by atoms with E-state index in [-0.39, 0.29) is 11.3 Å². The first kappa shape index (κ1) is 11.8. The highest BCUT2D eigenvalue weighted by atomic mass is 16.3. The SMILES string of the molecule is C[n+]1ccc(/C=C(\C#N)C(=O)c2ccco2)cc1. The summed E-state index contributed by atoms with van der Waals surface area (Å²) in [7, 11) is 1.90. The minimum Gasteiger partial charge on any atom is -0.461 e. The van der Waals surface area contributed by atoms with Crippen LogP contribution in [-0.4, -0.2) is 5.78 Å². The molecule has 2 rings (SSSR count). The van der Waals surface area contributed by atoms with E-state index < -0.39 is 5.78 Å². The van der Waals surface area contributed by atoms with E-state index >= 15 is 0 Å². The van der Waals surface area contributed by atoms with Crippen LogP contribution in [0.5, 0.6) is 0 Å².